The van der Waals surface area contributed by atoms with Crippen LogP contribution in [0.3, 0.4) is 0 Å². The molecule has 0 radical (unpaired) electrons. The predicted octanol–water partition coefficient (Wildman–Crippen LogP) is 2.21. The first-order valence-electron chi connectivity index (χ1n) is 9.74. The Morgan fingerprint density at radius 2 is 1.70 bits per heavy atom. The maximum absolute atomic E-state index is 13.5. The van der Waals surface area contributed by atoms with Crippen molar-refractivity contribution in [2.75, 3.05) is 33.2 Å². The molecule has 0 unspecified atom stereocenters. The first-order chi connectivity index (χ1) is 12.7. The van der Waals surface area contributed by atoms with Crippen LogP contribution in [-0.4, -0.2) is 66.2 Å². The summed E-state index contributed by atoms with van der Waals surface area (Å²) in [7, 11) is 2.06. The van der Waals surface area contributed by atoms with Crippen LogP contribution in [0.1, 0.15) is 38.3 Å². The lowest BCUT2D eigenvalue weighted by atomic mass is 9.77. The third-order valence-corrected chi connectivity index (χ3v) is 5.37. The lowest BCUT2D eigenvalue weighted by Gasteiger charge is -2.43. The average molecular weight is 373 g/mol. The Morgan fingerprint density at radius 3 is 2.33 bits per heavy atom. The van der Waals surface area contributed by atoms with Crippen molar-refractivity contribution in [1.82, 2.24) is 15.1 Å². The number of rotatable bonds is 2. The fraction of sp³-hybridized carbons (Fsp3) is 0.619. The van der Waals surface area contributed by atoms with Crippen molar-refractivity contribution in [2.45, 2.75) is 51.2 Å². The molecule has 0 saturated carbocycles. The number of hydrogen-bond acceptors (Lipinski definition) is 4. The van der Waals surface area contributed by atoms with Crippen molar-refractivity contribution < 1.29 is 14.3 Å². The number of likely N-dealkylation sites (N-methyl/N-ethyl adjacent to an activating group) is 1. The molecular weight excluding hydrogens is 342 g/mol. The van der Waals surface area contributed by atoms with Gasteiger partial charge in [-0.05, 0) is 51.8 Å². The van der Waals surface area contributed by atoms with Crippen LogP contribution in [0.25, 0.3) is 0 Å². The average Bonchev–Trinajstić information content (AvgIpc) is 2.60. The summed E-state index contributed by atoms with van der Waals surface area (Å²) in [4.78, 5) is 30.2. The van der Waals surface area contributed by atoms with Gasteiger partial charge in [-0.2, -0.15) is 0 Å². The molecule has 1 N–H and O–H groups in total. The lowest BCUT2D eigenvalue weighted by Crippen LogP contribution is -2.64. The van der Waals surface area contributed by atoms with Gasteiger partial charge in [0.1, 0.15) is 11.1 Å². The van der Waals surface area contributed by atoms with Crippen LogP contribution in [0.15, 0.2) is 24.3 Å². The van der Waals surface area contributed by atoms with E-state index in [0.717, 1.165) is 25.1 Å². The van der Waals surface area contributed by atoms with Crippen molar-refractivity contribution in [3.63, 3.8) is 0 Å². The standard InChI is InChI=1S/C21H31N3O3/c1-20(2,3)27-19(26)22-21(18(25)24-13-11-23(4)12-14-24)10-9-16-7-5-6-8-17(16)15-21/h5-8H,9-15H2,1-4H3,(H,22,26)/t21-/m0/s1. The van der Waals surface area contributed by atoms with Gasteiger partial charge in [0.2, 0.25) is 5.91 Å². The summed E-state index contributed by atoms with van der Waals surface area (Å²) in [6, 6.07) is 8.17. The Morgan fingerprint density at radius 1 is 1.07 bits per heavy atom. The topological polar surface area (TPSA) is 61.9 Å². The molecule has 1 fully saturated rings. The third-order valence-electron chi connectivity index (χ3n) is 5.37. The number of alkyl carbamates (subject to hydrolysis) is 1. The molecule has 0 spiro atoms. The van der Waals surface area contributed by atoms with Gasteiger partial charge < -0.3 is 19.9 Å². The van der Waals surface area contributed by atoms with Crippen LogP contribution in [0, 0.1) is 0 Å². The SMILES string of the molecule is CN1CCN(C(=O)[C@]2(NC(=O)OC(C)(C)C)CCc3ccccc3C2)CC1. The van der Waals surface area contributed by atoms with Gasteiger partial charge in [-0.1, -0.05) is 24.3 Å². The number of ether oxygens (including phenoxy) is 1. The second kappa shape index (κ2) is 7.50. The van der Waals surface area contributed by atoms with E-state index in [0.29, 0.717) is 25.9 Å². The van der Waals surface area contributed by atoms with E-state index in [9.17, 15) is 9.59 Å². The Kier molecular flexibility index (Phi) is 5.47. The summed E-state index contributed by atoms with van der Waals surface area (Å²) in [5.74, 6) is 0.0102. The van der Waals surface area contributed by atoms with E-state index >= 15 is 0 Å². The molecule has 148 valence electrons. The number of benzene rings is 1. The molecule has 1 heterocycles. The summed E-state index contributed by atoms with van der Waals surface area (Å²) in [6.07, 6.45) is 1.34. The number of nitrogens with one attached hydrogen (secondary N) is 1. The van der Waals surface area contributed by atoms with E-state index in [1.165, 1.54) is 5.56 Å². The number of fused-ring (bicyclic) bond motifs is 1. The highest BCUT2D eigenvalue weighted by atomic mass is 16.6. The maximum atomic E-state index is 13.5. The summed E-state index contributed by atoms with van der Waals surface area (Å²) in [6.45, 7) is 8.58. The molecule has 6 heteroatoms. The minimum atomic E-state index is -0.938. The zero-order valence-electron chi connectivity index (χ0n) is 16.9. The molecule has 0 aromatic heterocycles. The largest absolute Gasteiger partial charge is 0.444 e. The van der Waals surface area contributed by atoms with Crippen molar-refractivity contribution >= 4 is 12.0 Å². The van der Waals surface area contributed by atoms with E-state index in [4.69, 9.17) is 4.74 Å². The second-order valence-electron chi connectivity index (χ2n) is 8.75. The van der Waals surface area contributed by atoms with Crippen molar-refractivity contribution in [3.05, 3.63) is 35.4 Å². The molecule has 3 rings (SSSR count). The molecule has 27 heavy (non-hydrogen) atoms. The third kappa shape index (κ3) is 4.61. The van der Waals surface area contributed by atoms with E-state index < -0.39 is 17.2 Å². The van der Waals surface area contributed by atoms with Gasteiger partial charge in [0.05, 0.1) is 0 Å². The summed E-state index contributed by atoms with van der Waals surface area (Å²) in [5, 5.41) is 2.97. The minimum absolute atomic E-state index is 0.0102. The Hall–Kier alpha value is -2.08. The van der Waals surface area contributed by atoms with Crippen molar-refractivity contribution in [2.24, 2.45) is 0 Å². The minimum Gasteiger partial charge on any atom is -0.444 e. The van der Waals surface area contributed by atoms with E-state index in [-0.39, 0.29) is 5.91 Å². The number of aryl methyl sites for hydroxylation is 1. The van der Waals surface area contributed by atoms with Crippen LogP contribution in [0.2, 0.25) is 0 Å². The Labute approximate surface area is 161 Å². The molecule has 1 saturated heterocycles. The molecule has 1 aromatic rings. The molecule has 1 aliphatic carbocycles. The Balaban J connectivity index is 1.85. The highest BCUT2D eigenvalue weighted by molar-refractivity contribution is 5.91. The van der Waals surface area contributed by atoms with Crippen LogP contribution < -0.4 is 5.32 Å². The monoisotopic (exact) mass is 373 g/mol. The molecule has 1 aliphatic heterocycles. The highest BCUT2D eigenvalue weighted by Gasteiger charge is 2.46. The van der Waals surface area contributed by atoms with Crippen LogP contribution >= 0.6 is 0 Å². The number of piperazine rings is 1. The highest BCUT2D eigenvalue weighted by Crippen LogP contribution is 2.31. The van der Waals surface area contributed by atoms with Gasteiger partial charge in [-0.25, -0.2) is 4.79 Å². The maximum Gasteiger partial charge on any atom is 0.408 e. The fourth-order valence-corrected chi connectivity index (χ4v) is 3.89. The molecule has 6 nitrogen and oxygen atoms in total. The molecule has 1 atom stereocenters. The molecule has 0 bridgehead atoms. The predicted molar refractivity (Wildman–Crippen MR) is 105 cm³/mol. The van der Waals surface area contributed by atoms with Crippen molar-refractivity contribution in [3.8, 4) is 0 Å². The summed E-state index contributed by atoms with van der Waals surface area (Å²) in [5.41, 5.74) is 0.842. The van der Waals surface area contributed by atoms with E-state index in [1.54, 1.807) is 0 Å². The normalized spacial score (nSPS) is 23.5. The zero-order chi connectivity index (χ0) is 19.7. The van der Waals surface area contributed by atoms with Gasteiger partial charge >= 0.3 is 6.09 Å². The van der Waals surface area contributed by atoms with Crippen molar-refractivity contribution in [1.29, 1.82) is 0 Å². The quantitative estimate of drug-likeness (QED) is 0.863. The molecule has 2 aliphatic rings. The second-order valence-corrected chi connectivity index (χ2v) is 8.75. The number of amides is 2. The van der Waals surface area contributed by atoms with Gasteiger partial charge in [-0.15, -0.1) is 0 Å². The fourth-order valence-electron chi connectivity index (χ4n) is 3.89. The zero-order valence-corrected chi connectivity index (χ0v) is 16.9. The number of hydrogen-bond donors (Lipinski definition) is 1. The molecule has 2 amide bonds. The van der Waals surface area contributed by atoms with E-state index in [1.807, 2.05) is 37.8 Å². The number of nitrogens with zero attached hydrogens (tertiary/aromatic N) is 2. The first-order valence-corrected chi connectivity index (χ1v) is 9.74. The number of carbonyl (C=O) groups excluding carboxylic acids is 2. The van der Waals surface area contributed by atoms with Crippen LogP contribution in [-0.2, 0) is 22.4 Å². The van der Waals surface area contributed by atoms with Gasteiger partial charge in [0.15, 0.2) is 0 Å². The molecular formula is C21H31N3O3. The van der Waals surface area contributed by atoms with Crippen LogP contribution in [0.5, 0.6) is 0 Å². The lowest BCUT2D eigenvalue weighted by molar-refractivity contribution is -0.140. The van der Waals surface area contributed by atoms with Gasteiger partial charge in [0, 0.05) is 32.6 Å². The molecule has 1 aromatic carbocycles. The summed E-state index contributed by atoms with van der Waals surface area (Å²) >= 11 is 0. The smallest absolute Gasteiger partial charge is 0.408 e. The first kappa shape index (κ1) is 19.7. The van der Waals surface area contributed by atoms with Gasteiger partial charge in [-0.3, -0.25) is 4.79 Å². The van der Waals surface area contributed by atoms with E-state index in [2.05, 4.69) is 29.4 Å². The summed E-state index contributed by atoms with van der Waals surface area (Å²) < 4.78 is 5.48. The number of carbonyl (C=O) groups is 2. The Bertz CT molecular complexity index is 705. The van der Waals surface area contributed by atoms with Gasteiger partial charge in [0.25, 0.3) is 0 Å². The van der Waals surface area contributed by atoms with Crippen LogP contribution in [0.4, 0.5) is 4.79 Å².